The Morgan fingerprint density at radius 2 is 2.00 bits per heavy atom. The second kappa shape index (κ2) is 4.93. The molecule has 0 saturated heterocycles. The first-order valence-corrected chi connectivity index (χ1v) is 6.10. The highest BCUT2D eigenvalue weighted by Crippen LogP contribution is 2.36. The van der Waals surface area contributed by atoms with E-state index in [1.807, 2.05) is 0 Å². The molecule has 1 aliphatic heterocycles. The molecule has 3 rings (SSSR count). The van der Waals surface area contributed by atoms with E-state index >= 15 is 0 Å². The summed E-state index contributed by atoms with van der Waals surface area (Å²) in [6.45, 7) is 0.912. The summed E-state index contributed by atoms with van der Waals surface area (Å²) in [4.78, 5) is 18.0. The van der Waals surface area contributed by atoms with Gasteiger partial charge in [0.1, 0.15) is 19.4 Å². The third-order valence-electron chi connectivity index (χ3n) is 2.75. The SMILES string of the molecule is O=[N+]([O-])c1cnc(Cl)nc1-c1ccc2c(c1)OCCO2. The van der Waals surface area contributed by atoms with Crippen molar-refractivity contribution in [2.75, 3.05) is 13.2 Å². The second-order valence-corrected chi connectivity index (χ2v) is 4.33. The summed E-state index contributed by atoms with van der Waals surface area (Å²) in [5.74, 6) is 1.13. The summed E-state index contributed by atoms with van der Waals surface area (Å²) in [5, 5.41) is 11.0. The van der Waals surface area contributed by atoms with Crippen LogP contribution in [-0.4, -0.2) is 28.1 Å². The zero-order valence-electron chi connectivity index (χ0n) is 10.1. The lowest BCUT2D eigenvalue weighted by atomic mass is 10.1. The first-order valence-electron chi connectivity index (χ1n) is 5.72. The van der Waals surface area contributed by atoms with E-state index in [9.17, 15) is 10.1 Å². The van der Waals surface area contributed by atoms with Crippen molar-refractivity contribution in [3.63, 3.8) is 0 Å². The molecule has 0 radical (unpaired) electrons. The van der Waals surface area contributed by atoms with Crippen molar-refractivity contribution in [2.24, 2.45) is 0 Å². The van der Waals surface area contributed by atoms with Gasteiger partial charge in [0.15, 0.2) is 17.2 Å². The van der Waals surface area contributed by atoms with Gasteiger partial charge in [0.25, 0.3) is 0 Å². The molecular formula is C12H8ClN3O4. The molecule has 0 aliphatic carbocycles. The molecule has 0 bridgehead atoms. The summed E-state index contributed by atoms with van der Waals surface area (Å²) in [6.07, 6.45) is 1.08. The molecule has 1 aromatic heterocycles. The van der Waals surface area contributed by atoms with Gasteiger partial charge in [0.2, 0.25) is 5.28 Å². The van der Waals surface area contributed by atoms with Crippen molar-refractivity contribution in [3.05, 3.63) is 39.8 Å². The number of hydrogen-bond donors (Lipinski definition) is 0. The maximum atomic E-state index is 11.0. The van der Waals surface area contributed by atoms with E-state index in [1.165, 1.54) is 0 Å². The molecule has 0 fully saturated rings. The highest BCUT2D eigenvalue weighted by Gasteiger charge is 2.21. The normalized spacial score (nSPS) is 13.1. The van der Waals surface area contributed by atoms with Gasteiger partial charge < -0.3 is 9.47 Å². The fourth-order valence-electron chi connectivity index (χ4n) is 1.89. The largest absolute Gasteiger partial charge is 0.486 e. The molecule has 0 unspecified atom stereocenters. The zero-order valence-corrected chi connectivity index (χ0v) is 10.8. The van der Waals surface area contributed by atoms with Crippen LogP contribution in [0, 0.1) is 10.1 Å². The standard InChI is InChI=1S/C12H8ClN3O4/c13-12-14-6-8(16(17)18)11(15-12)7-1-2-9-10(5-7)20-4-3-19-9/h1-2,5-6H,3-4H2. The topological polar surface area (TPSA) is 87.4 Å². The molecule has 1 aliphatic rings. The zero-order chi connectivity index (χ0) is 14.1. The summed E-state index contributed by atoms with van der Waals surface area (Å²) in [5.41, 5.74) is 0.448. The average molecular weight is 294 g/mol. The minimum absolute atomic E-state index is 0.0551. The molecule has 2 heterocycles. The van der Waals surface area contributed by atoms with Crippen molar-refractivity contribution < 1.29 is 14.4 Å². The molecular weight excluding hydrogens is 286 g/mol. The lowest BCUT2D eigenvalue weighted by Gasteiger charge is -2.18. The molecule has 0 N–H and O–H groups in total. The fourth-order valence-corrected chi connectivity index (χ4v) is 2.02. The fraction of sp³-hybridized carbons (Fsp3) is 0.167. The van der Waals surface area contributed by atoms with Crippen molar-refractivity contribution >= 4 is 17.3 Å². The summed E-state index contributed by atoms with van der Waals surface area (Å²) < 4.78 is 10.8. The third kappa shape index (κ3) is 2.23. The van der Waals surface area contributed by atoms with E-state index in [-0.39, 0.29) is 16.7 Å². The Morgan fingerprint density at radius 3 is 2.75 bits per heavy atom. The predicted molar refractivity (Wildman–Crippen MR) is 70.1 cm³/mol. The molecule has 0 atom stereocenters. The molecule has 0 spiro atoms. The van der Waals surface area contributed by atoms with E-state index < -0.39 is 4.92 Å². The first-order chi connectivity index (χ1) is 9.65. The van der Waals surface area contributed by atoms with Crippen LogP contribution in [0.2, 0.25) is 5.28 Å². The summed E-state index contributed by atoms with van der Waals surface area (Å²) in [7, 11) is 0. The highest BCUT2D eigenvalue weighted by molar-refractivity contribution is 6.28. The Labute approximate surface area is 118 Å². The van der Waals surface area contributed by atoms with E-state index in [0.29, 0.717) is 30.3 Å². The second-order valence-electron chi connectivity index (χ2n) is 3.99. The Morgan fingerprint density at radius 1 is 1.25 bits per heavy atom. The van der Waals surface area contributed by atoms with Crippen LogP contribution >= 0.6 is 11.6 Å². The minimum atomic E-state index is -0.553. The van der Waals surface area contributed by atoms with Crippen LogP contribution < -0.4 is 9.47 Å². The van der Waals surface area contributed by atoms with Gasteiger partial charge in [-0.2, -0.15) is 0 Å². The molecule has 20 heavy (non-hydrogen) atoms. The van der Waals surface area contributed by atoms with Crippen LogP contribution in [0.3, 0.4) is 0 Å². The van der Waals surface area contributed by atoms with E-state index in [1.54, 1.807) is 18.2 Å². The molecule has 0 saturated carbocycles. The van der Waals surface area contributed by atoms with Crippen LogP contribution in [0.1, 0.15) is 0 Å². The van der Waals surface area contributed by atoms with Crippen LogP contribution in [-0.2, 0) is 0 Å². The third-order valence-corrected chi connectivity index (χ3v) is 2.93. The van der Waals surface area contributed by atoms with Crippen LogP contribution in [0.15, 0.2) is 24.4 Å². The monoisotopic (exact) mass is 293 g/mol. The number of benzene rings is 1. The van der Waals surface area contributed by atoms with Crippen molar-refractivity contribution in [1.82, 2.24) is 9.97 Å². The number of ether oxygens (including phenoxy) is 2. The molecule has 102 valence electrons. The average Bonchev–Trinajstić information content (AvgIpc) is 2.46. The summed E-state index contributed by atoms with van der Waals surface area (Å²) in [6, 6.07) is 4.99. The number of aromatic nitrogens is 2. The maximum Gasteiger partial charge on any atom is 0.313 e. The van der Waals surface area contributed by atoms with Gasteiger partial charge >= 0.3 is 5.69 Å². The van der Waals surface area contributed by atoms with Crippen LogP contribution in [0.5, 0.6) is 11.5 Å². The van der Waals surface area contributed by atoms with E-state index in [4.69, 9.17) is 21.1 Å². The number of fused-ring (bicyclic) bond motifs is 1. The number of nitrogens with zero attached hydrogens (tertiary/aromatic N) is 3. The van der Waals surface area contributed by atoms with Gasteiger partial charge in [-0.15, -0.1) is 0 Å². The van der Waals surface area contributed by atoms with Gasteiger partial charge in [-0.1, -0.05) is 0 Å². The van der Waals surface area contributed by atoms with Crippen LogP contribution in [0.25, 0.3) is 11.3 Å². The Balaban J connectivity index is 2.13. The Kier molecular flexibility index (Phi) is 3.11. The maximum absolute atomic E-state index is 11.0. The smallest absolute Gasteiger partial charge is 0.313 e. The number of hydrogen-bond acceptors (Lipinski definition) is 6. The van der Waals surface area contributed by atoms with Gasteiger partial charge in [-0.3, -0.25) is 10.1 Å². The Hall–Kier alpha value is -2.41. The van der Waals surface area contributed by atoms with Gasteiger partial charge in [-0.05, 0) is 29.8 Å². The van der Waals surface area contributed by atoms with Gasteiger partial charge in [0, 0.05) is 5.56 Å². The molecule has 7 nitrogen and oxygen atoms in total. The molecule has 8 heteroatoms. The van der Waals surface area contributed by atoms with Crippen molar-refractivity contribution in [1.29, 1.82) is 0 Å². The lowest BCUT2D eigenvalue weighted by molar-refractivity contribution is -0.384. The first kappa shape index (κ1) is 12.6. The number of halogens is 1. The van der Waals surface area contributed by atoms with E-state index in [2.05, 4.69) is 9.97 Å². The van der Waals surface area contributed by atoms with Gasteiger partial charge in [0.05, 0.1) is 4.92 Å². The molecule has 0 amide bonds. The minimum Gasteiger partial charge on any atom is -0.486 e. The molecule has 1 aromatic carbocycles. The number of rotatable bonds is 2. The van der Waals surface area contributed by atoms with Crippen LogP contribution in [0.4, 0.5) is 5.69 Å². The number of nitro groups is 1. The van der Waals surface area contributed by atoms with Crippen molar-refractivity contribution in [2.45, 2.75) is 0 Å². The van der Waals surface area contributed by atoms with E-state index in [0.717, 1.165) is 6.20 Å². The molecule has 2 aromatic rings. The Bertz CT molecular complexity index is 692. The predicted octanol–water partition coefficient (Wildman–Crippen LogP) is 2.48. The van der Waals surface area contributed by atoms with Gasteiger partial charge in [-0.25, -0.2) is 9.97 Å². The highest BCUT2D eigenvalue weighted by atomic mass is 35.5. The quantitative estimate of drug-likeness (QED) is 0.480. The summed E-state index contributed by atoms with van der Waals surface area (Å²) >= 11 is 5.71. The van der Waals surface area contributed by atoms with Crippen molar-refractivity contribution in [3.8, 4) is 22.8 Å². The lowest BCUT2D eigenvalue weighted by Crippen LogP contribution is -2.15.